The molecular weight excluding hydrogens is 302 g/mol. The van der Waals surface area contributed by atoms with Crippen LogP contribution in [0.15, 0.2) is 42.7 Å². The zero-order valence-corrected chi connectivity index (χ0v) is 14.4. The van der Waals surface area contributed by atoms with Gasteiger partial charge in [0, 0.05) is 58.6 Å². The third-order valence-electron chi connectivity index (χ3n) is 4.39. The molecule has 0 atom stereocenters. The van der Waals surface area contributed by atoms with Gasteiger partial charge in [-0.15, -0.1) is 0 Å². The summed E-state index contributed by atoms with van der Waals surface area (Å²) < 4.78 is 1.92. The quantitative estimate of drug-likeness (QED) is 0.824. The van der Waals surface area contributed by atoms with E-state index in [1.165, 1.54) is 5.56 Å². The Bertz CT molecular complexity index is 659. The number of rotatable bonds is 5. The van der Waals surface area contributed by atoms with Crippen molar-refractivity contribution in [2.75, 3.05) is 46.8 Å². The van der Waals surface area contributed by atoms with Crippen molar-refractivity contribution in [2.45, 2.75) is 6.54 Å². The molecule has 24 heavy (non-hydrogen) atoms. The number of aromatic nitrogens is 2. The maximum atomic E-state index is 11.8. The number of carbonyl (C=O) groups excluding carboxylic acids is 1. The van der Waals surface area contributed by atoms with Crippen molar-refractivity contribution in [1.82, 2.24) is 24.5 Å². The highest BCUT2D eigenvalue weighted by Gasteiger charge is 2.20. The summed E-state index contributed by atoms with van der Waals surface area (Å²) in [6.45, 7) is 5.27. The lowest BCUT2D eigenvalue weighted by atomic mass is 10.2. The molecule has 0 radical (unpaired) electrons. The van der Waals surface area contributed by atoms with Crippen molar-refractivity contribution in [3.63, 3.8) is 0 Å². The minimum absolute atomic E-state index is 0.174. The van der Waals surface area contributed by atoms with E-state index >= 15 is 0 Å². The zero-order chi connectivity index (χ0) is 16.9. The molecule has 1 aliphatic rings. The lowest BCUT2D eigenvalue weighted by molar-refractivity contribution is -0.130. The molecule has 1 saturated heterocycles. The van der Waals surface area contributed by atoms with E-state index < -0.39 is 0 Å². The van der Waals surface area contributed by atoms with Gasteiger partial charge in [0.2, 0.25) is 5.91 Å². The number of hydrogen-bond acceptors (Lipinski definition) is 4. The number of nitrogens with zero attached hydrogens (tertiary/aromatic N) is 5. The Hall–Kier alpha value is -2.18. The molecule has 0 spiro atoms. The number of benzene rings is 1. The van der Waals surface area contributed by atoms with Gasteiger partial charge in [0.15, 0.2) is 0 Å². The number of hydrogen-bond donors (Lipinski definition) is 0. The lowest BCUT2D eigenvalue weighted by Gasteiger charge is -2.34. The molecule has 2 aromatic rings. The zero-order valence-electron chi connectivity index (χ0n) is 14.4. The lowest BCUT2D eigenvalue weighted by Crippen LogP contribution is -2.48. The van der Waals surface area contributed by atoms with Gasteiger partial charge in [0.05, 0.1) is 18.4 Å². The van der Waals surface area contributed by atoms with Crippen LogP contribution in [0.1, 0.15) is 5.56 Å². The van der Waals surface area contributed by atoms with Crippen LogP contribution in [-0.2, 0) is 11.3 Å². The fourth-order valence-electron chi connectivity index (χ4n) is 2.86. The second kappa shape index (κ2) is 7.59. The Morgan fingerprint density at radius 1 is 1.08 bits per heavy atom. The first-order valence-corrected chi connectivity index (χ1v) is 8.35. The Morgan fingerprint density at radius 2 is 1.75 bits per heavy atom. The summed E-state index contributed by atoms with van der Waals surface area (Å²) in [4.78, 5) is 18.1. The van der Waals surface area contributed by atoms with E-state index in [4.69, 9.17) is 0 Å². The van der Waals surface area contributed by atoms with Crippen LogP contribution in [0.2, 0.25) is 0 Å². The van der Waals surface area contributed by atoms with Gasteiger partial charge in [-0.1, -0.05) is 18.2 Å². The van der Waals surface area contributed by atoms with E-state index in [1.54, 1.807) is 4.90 Å². The van der Waals surface area contributed by atoms with Crippen molar-refractivity contribution < 1.29 is 4.79 Å². The Kier molecular flexibility index (Phi) is 5.27. The van der Waals surface area contributed by atoms with E-state index in [1.807, 2.05) is 43.2 Å². The average molecular weight is 327 g/mol. The van der Waals surface area contributed by atoms with Crippen LogP contribution in [-0.4, -0.2) is 77.2 Å². The molecule has 1 aromatic carbocycles. The molecule has 0 saturated carbocycles. The monoisotopic (exact) mass is 327 g/mol. The molecule has 3 rings (SSSR count). The Morgan fingerprint density at radius 3 is 2.42 bits per heavy atom. The Labute approximate surface area is 143 Å². The van der Waals surface area contributed by atoms with Crippen LogP contribution in [0.5, 0.6) is 0 Å². The van der Waals surface area contributed by atoms with Crippen LogP contribution < -0.4 is 0 Å². The van der Waals surface area contributed by atoms with Crippen LogP contribution in [0.25, 0.3) is 5.69 Å². The van der Waals surface area contributed by atoms with Gasteiger partial charge in [0.25, 0.3) is 0 Å². The van der Waals surface area contributed by atoms with Gasteiger partial charge in [-0.2, -0.15) is 5.10 Å². The first-order valence-electron chi connectivity index (χ1n) is 8.35. The van der Waals surface area contributed by atoms with Crippen LogP contribution >= 0.6 is 0 Å². The van der Waals surface area contributed by atoms with E-state index in [9.17, 15) is 4.79 Å². The fraction of sp³-hybridized carbons (Fsp3) is 0.444. The maximum Gasteiger partial charge on any atom is 0.236 e. The SMILES string of the molecule is CN(C)C(=O)CN1CCN(Cc2cnn(-c3ccccc3)c2)CC1. The maximum absolute atomic E-state index is 11.8. The summed E-state index contributed by atoms with van der Waals surface area (Å²) in [6, 6.07) is 10.2. The molecule has 1 aliphatic heterocycles. The van der Waals surface area contributed by atoms with Gasteiger partial charge in [0.1, 0.15) is 0 Å². The summed E-state index contributed by atoms with van der Waals surface area (Å²) in [5, 5.41) is 4.46. The standard InChI is InChI=1S/C18H25N5O/c1-20(2)18(24)15-22-10-8-21(9-11-22)13-16-12-19-23(14-16)17-6-4-3-5-7-17/h3-7,12,14H,8-11,13,15H2,1-2H3. The third kappa shape index (κ3) is 4.21. The summed E-state index contributed by atoms with van der Waals surface area (Å²) in [5.41, 5.74) is 2.30. The average Bonchev–Trinajstić information content (AvgIpc) is 3.06. The predicted molar refractivity (Wildman–Crippen MR) is 94.0 cm³/mol. The van der Waals surface area contributed by atoms with Gasteiger partial charge in [-0.05, 0) is 12.1 Å². The Balaban J connectivity index is 1.50. The van der Waals surface area contributed by atoms with E-state index in [0.29, 0.717) is 6.54 Å². The number of para-hydroxylation sites is 1. The smallest absolute Gasteiger partial charge is 0.236 e. The number of carbonyl (C=O) groups is 1. The summed E-state index contributed by atoms with van der Waals surface area (Å²) in [5.74, 6) is 0.174. The van der Waals surface area contributed by atoms with Crippen molar-refractivity contribution in [3.8, 4) is 5.69 Å². The second-order valence-corrected chi connectivity index (χ2v) is 6.47. The molecule has 0 unspecified atom stereocenters. The third-order valence-corrected chi connectivity index (χ3v) is 4.39. The number of amides is 1. The van der Waals surface area contributed by atoms with Gasteiger partial charge in [-0.3, -0.25) is 14.6 Å². The minimum Gasteiger partial charge on any atom is -0.348 e. The van der Waals surface area contributed by atoms with E-state index in [-0.39, 0.29) is 5.91 Å². The molecule has 0 aliphatic carbocycles. The van der Waals surface area contributed by atoms with Crippen LogP contribution in [0.3, 0.4) is 0 Å². The topological polar surface area (TPSA) is 44.6 Å². The van der Waals surface area contributed by atoms with Crippen molar-refractivity contribution in [3.05, 3.63) is 48.3 Å². The van der Waals surface area contributed by atoms with Gasteiger partial charge in [-0.25, -0.2) is 4.68 Å². The first kappa shape index (κ1) is 16.7. The van der Waals surface area contributed by atoms with E-state index in [2.05, 4.69) is 33.2 Å². The number of likely N-dealkylation sites (N-methyl/N-ethyl adjacent to an activating group) is 1. The normalized spacial score (nSPS) is 16.2. The van der Waals surface area contributed by atoms with Gasteiger partial charge >= 0.3 is 0 Å². The highest BCUT2D eigenvalue weighted by Crippen LogP contribution is 2.11. The minimum atomic E-state index is 0.174. The predicted octanol–water partition coefficient (Wildman–Crippen LogP) is 1.08. The van der Waals surface area contributed by atoms with Crippen molar-refractivity contribution in [1.29, 1.82) is 0 Å². The van der Waals surface area contributed by atoms with Crippen LogP contribution in [0.4, 0.5) is 0 Å². The van der Waals surface area contributed by atoms with Crippen molar-refractivity contribution >= 4 is 5.91 Å². The molecule has 1 amide bonds. The molecule has 6 nitrogen and oxygen atoms in total. The summed E-state index contributed by atoms with van der Waals surface area (Å²) >= 11 is 0. The second-order valence-electron chi connectivity index (χ2n) is 6.47. The molecule has 128 valence electrons. The first-order chi connectivity index (χ1) is 11.6. The van der Waals surface area contributed by atoms with Gasteiger partial charge < -0.3 is 4.90 Å². The molecule has 0 bridgehead atoms. The highest BCUT2D eigenvalue weighted by molar-refractivity contribution is 5.77. The molecular formula is C18H25N5O. The van der Waals surface area contributed by atoms with E-state index in [0.717, 1.165) is 38.4 Å². The molecule has 6 heteroatoms. The molecule has 0 N–H and O–H groups in total. The number of piperazine rings is 1. The van der Waals surface area contributed by atoms with Crippen molar-refractivity contribution in [2.24, 2.45) is 0 Å². The highest BCUT2D eigenvalue weighted by atomic mass is 16.2. The van der Waals surface area contributed by atoms with Crippen LogP contribution in [0, 0.1) is 0 Å². The molecule has 1 aromatic heterocycles. The summed E-state index contributed by atoms with van der Waals surface area (Å²) in [6.07, 6.45) is 4.03. The fourth-order valence-corrected chi connectivity index (χ4v) is 2.86. The molecule has 2 heterocycles. The summed E-state index contributed by atoms with van der Waals surface area (Å²) in [7, 11) is 3.62. The molecule has 1 fully saturated rings. The largest absolute Gasteiger partial charge is 0.348 e.